The fraction of sp³-hybridized carbons (Fsp3) is 0.143. The zero-order valence-corrected chi connectivity index (χ0v) is 17.5. The molecule has 3 aromatic rings. The normalized spacial score (nSPS) is 10.8. The lowest BCUT2D eigenvalue weighted by Crippen LogP contribution is -2.38. The maximum atomic E-state index is 12.1. The van der Waals surface area contributed by atoms with Gasteiger partial charge in [0, 0.05) is 18.2 Å². The summed E-state index contributed by atoms with van der Waals surface area (Å²) in [7, 11) is 0. The summed E-state index contributed by atoms with van der Waals surface area (Å²) in [4.78, 5) is 12.1. The molecular weight excluding hydrogens is 402 g/mol. The van der Waals surface area contributed by atoms with Crippen LogP contribution in [0.25, 0.3) is 6.08 Å². The average molecular weight is 424 g/mol. The van der Waals surface area contributed by atoms with Crippen LogP contribution in [0, 0.1) is 0 Å². The molecule has 148 valence electrons. The molecule has 0 aliphatic heterocycles. The first-order chi connectivity index (χ1) is 14.2. The summed E-state index contributed by atoms with van der Waals surface area (Å²) in [6, 6.07) is 19.7. The summed E-state index contributed by atoms with van der Waals surface area (Å²) >= 11 is 6.84. The van der Waals surface area contributed by atoms with Gasteiger partial charge in [-0.1, -0.05) is 79.3 Å². The van der Waals surface area contributed by atoms with Crippen molar-refractivity contribution in [1.82, 2.24) is 20.2 Å². The van der Waals surface area contributed by atoms with Crippen LogP contribution in [0.3, 0.4) is 0 Å². The lowest BCUT2D eigenvalue weighted by atomic mass is 10.2. The van der Waals surface area contributed by atoms with E-state index >= 15 is 0 Å². The molecule has 0 bridgehead atoms. The summed E-state index contributed by atoms with van der Waals surface area (Å²) in [6.07, 6.45) is 3.85. The molecule has 0 aliphatic carbocycles. The van der Waals surface area contributed by atoms with E-state index in [1.165, 1.54) is 11.6 Å². The summed E-state index contributed by atoms with van der Waals surface area (Å²) < 4.78 is 1.72. The quantitative estimate of drug-likeness (QED) is 0.342. The van der Waals surface area contributed by atoms with Crippen LogP contribution in [0.5, 0.6) is 0 Å². The summed E-state index contributed by atoms with van der Waals surface area (Å²) in [5.41, 5.74) is 5.14. The van der Waals surface area contributed by atoms with Crippen molar-refractivity contribution in [3.63, 3.8) is 0 Å². The Hall–Kier alpha value is -2.97. The van der Waals surface area contributed by atoms with Crippen LogP contribution in [0.1, 0.15) is 23.9 Å². The number of hydrogen-bond acceptors (Lipinski definition) is 5. The minimum atomic E-state index is -0.309. The maximum Gasteiger partial charge on any atom is 0.250 e. The number of nitrogens with one attached hydrogen (secondary N) is 2. The molecule has 2 aromatic carbocycles. The molecule has 0 saturated carbocycles. The molecule has 0 spiro atoms. The maximum absolute atomic E-state index is 12.1. The lowest BCUT2D eigenvalue weighted by Gasteiger charge is -2.13. The predicted octanol–water partition coefficient (Wildman–Crippen LogP) is 3.79. The van der Waals surface area contributed by atoms with Crippen molar-refractivity contribution in [3.05, 3.63) is 83.7 Å². The SMILES string of the molecule is CCc1nnc(SCc2ccccc2)n1NC(=S)NC(=O)/C=C/c1ccccc1. The van der Waals surface area contributed by atoms with Gasteiger partial charge in [0.15, 0.2) is 10.9 Å². The highest BCUT2D eigenvalue weighted by Gasteiger charge is 2.13. The molecule has 1 amide bonds. The van der Waals surface area contributed by atoms with Gasteiger partial charge in [0.1, 0.15) is 0 Å². The number of nitrogens with zero attached hydrogens (tertiary/aromatic N) is 3. The van der Waals surface area contributed by atoms with Crippen molar-refractivity contribution in [2.75, 3.05) is 5.43 Å². The van der Waals surface area contributed by atoms with Gasteiger partial charge in [-0.3, -0.25) is 15.5 Å². The highest BCUT2D eigenvalue weighted by Crippen LogP contribution is 2.21. The van der Waals surface area contributed by atoms with Crippen LogP contribution in [-0.2, 0) is 17.0 Å². The Morgan fingerprint density at radius 2 is 1.79 bits per heavy atom. The Bertz CT molecular complexity index is 987. The van der Waals surface area contributed by atoms with Crippen LogP contribution in [0.2, 0.25) is 0 Å². The first-order valence-corrected chi connectivity index (χ1v) is 10.5. The van der Waals surface area contributed by atoms with E-state index in [2.05, 4.69) is 33.1 Å². The predicted molar refractivity (Wildman–Crippen MR) is 121 cm³/mol. The zero-order chi connectivity index (χ0) is 20.5. The third kappa shape index (κ3) is 6.27. The fourth-order valence-corrected chi connectivity index (χ4v) is 3.53. The molecule has 2 N–H and O–H groups in total. The Morgan fingerprint density at radius 1 is 1.10 bits per heavy atom. The number of rotatable bonds is 7. The van der Waals surface area contributed by atoms with Gasteiger partial charge in [0.05, 0.1) is 0 Å². The van der Waals surface area contributed by atoms with E-state index in [0.29, 0.717) is 11.6 Å². The van der Waals surface area contributed by atoms with Crippen molar-refractivity contribution in [1.29, 1.82) is 0 Å². The first-order valence-electron chi connectivity index (χ1n) is 9.12. The van der Waals surface area contributed by atoms with Gasteiger partial charge in [-0.15, -0.1) is 10.2 Å². The van der Waals surface area contributed by atoms with Crippen LogP contribution < -0.4 is 10.7 Å². The van der Waals surface area contributed by atoms with E-state index in [0.717, 1.165) is 17.1 Å². The Kier molecular flexibility index (Phi) is 7.54. The molecule has 0 saturated heterocycles. The third-order valence-corrected chi connectivity index (χ3v) is 5.10. The summed E-state index contributed by atoms with van der Waals surface area (Å²) in [5, 5.41) is 12.0. The molecule has 0 unspecified atom stereocenters. The van der Waals surface area contributed by atoms with E-state index in [9.17, 15) is 4.79 Å². The van der Waals surface area contributed by atoms with E-state index in [4.69, 9.17) is 12.2 Å². The van der Waals surface area contributed by atoms with Crippen molar-refractivity contribution in [2.45, 2.75) is 24.3 Å². The Morgan fingerprint density at radius 3 is 2.48 bits per heavy atom. The van der Waals surface area contributed by atoms with Crippen LogP contribution in [-0.4, -0.2) is 25.9 Å². The van der Waals surface area contributed by atoms with Crippen molar-refractivity contribution >= 4 is 41.1 Å². The average Bonchev–Trinajstić information content (AvgIpc) is 3.13. The number of aryl methyl sites for hydroxylation is 1. The van der Waals surface area contributed by atoms with Gasteiger partial charge in [0.25, 0.3) is 0 Å². The number of thioether (sulfide) groups is 1. The Balaban J connectivity index is 1.61. The number of hydrogen-bond donors (Lipinski definition) is 2. The largest absolute Gasteiger partial charge is 0.298 e. The molecule has 29 heavy (non-hydrogen) atoms. The number of carbonyl (C=O) groups excluding carboxylic acids is 1. The number of thiocarbonyl (C=S) groups is 1. The monoisotopic (exact) mass is 423 g/mol. The first kappa shape index (κ1) is 20.8. The molecule has 3 rings (SSSR count). The number of aromatic nitrogens is 3. The van der Waals surface area contributed by atoms with E-state index < -0.39 is 0 Å². The second-order valence-corrected chi connectivity index (χ2v) is 7.39. The van der Waals surface area contributed by atoms with E-state index in [1.54, 1.807) is 22.5 Å². The van der Waals surface area contributed by atoms with Gasteiger partial charge in [0.2, 0.25) is 11.1 Å². The molecular formula is C21H21N5OS2. The smallest absolute Gasteiger partial charge is 0.250 e. The fourth-order valence-electron chi connectivity index (χ4n) is 2.48. The molecule has 1 heterocycles. The van der Waals surface area contributed by atoms with Crippen LogP contribution in [0.15, 0.2) is 71.9 Å². The van der Waals surface area contributed by atoms with Crippen LogP contribution in [0.4, 0.5) is 0 Å². The van der Waals surface area contributed by atoms with Crippen molar-refractivity contribution < 1.29 is 4.79 Å². The van der Waals surface area contributed by atoms with Gasteiger partial charge in [-0.05, 0) is 29.4 Å². The van der Waals surface area contributed by atoms with Crippen molar-refractivity contribution in [3.8, 4) is 0 Å². The molecule has 6 nitrogen and oxygen atoms in total. The van der Waals surface area contributed by atoms with Gasteiger partial charge in [-0.25, -0.2) is 4.68 Å². The third-order valence-electron chi connectivity index (χ3n) is 3.90. The molecule has 0 atom stereocenters. The summed E-state index contributed by atoms with van der Waals surface area (Å²) in [5.74, 6) is 1.18. The second kappa shape index (κ2) is 10.5. The molecule has 0 fully saturated rings. The minimum absolute atomic E-state index is 0.184. The highest BCUT2D eigenvalue weighted by molar-refractivity contribution is 7.98. The Labute approximate surface area is 179 Å². The van der Waals surface area contributed by atoms with Gasteiger partial charge < -0.3 is 0 Å². The van der Waals surface area contributed by atoms with E-state index in [-0.39, 0.29) is 11.0 Å². The molecule has 1 aromatic heterocycles. The van der Waals surface area contributed by atoms with Crippen LogP contribution >= 0.6 is 24.0 Å². The summed E-state index contributed by atoms with van der Waals surface area (Å²) in [6.45, 7) is 1.98. The highest BCUT2D eigenvalue weighted by atomic mass is 32.2. The number of amides is 1. The van der Waals surface area contributed by atoms with Gasteiger partial charge in [-0.2, -0.15) is 0 Å². The topological polar surface area (TPSA) is 71.8 Å². The minimum Gasteiger partial charge on any atom is -0.298 e. The molecule has 0 radical (unpaired) electrons. The zero-order valence-electron chi connectivity index (χ0n) is 15.9. The molecule has 0 aliphatic rings. The standard InChI is InChI=1S/C21H21N5OS2/c1-2-18-23-24-21(29-15-17-11-7-4-8-12-17)26(18)25-20(28)22-19(27)14-13-16-9-5-3-6-10-16/h3-14H,2,15H2,1H3,(H2,22,25,27,28)/b14-13+. The van der Waals surface area contributed by atoms with Gasteiger partial charge >= 0.3 is 0 Å². The number of benzene rings is 2. The van der Waals surface area contributed by atoms with Crippen molar-refractivity contribution in [2.24, 2.45) is 0 Å². The van der Waals surface area contributed by atoms with E-state index in [1.807, 2.05) is 55.5 Å². The second-order valence-electron chi connectivity index (χ2n) is 6.04. The lowest BCUT2D eigenvalue weighted by molar-refractivity contribution is -0.115. The molecule has 8 heteroatoms. The number of carbonyl (C=O) groups is 1.